The topological polar surface area (TPSA) is 36.3 Å². The van der Waals surface area contributed by atoms with Gasteiger partial charge in [0, 0.05) is 4.47 Å². The van der Waals surface area contributed by atoms with Gasteiger partial charge in [0.15, 0.2) is 14.1 Å². The lowest BCUT2D eigenvalue weighted by Crippen LogP contribution is -2.41. The molecule has 1 aliphatic heterocycles. The van der Waals surface area contributed by atoms with Crippen LogP contribution in [0.1, 0.15) is 32.6 Å². The second-order valence-corrected chi connectivity index (χ2v) is 13.6. The summed E-state index contributed by atoms with van der Waals surface area (Å²) < 4.78 is 28.8. The highest BCUT2D eigenvalue weighted by molar-refractivity contribution is 9.10. The number of aromatic nitrogens is 2. The van der Waals surface area contributed by atoms with Crippen LogP contribution in [-0.4, -0.2) is 31.1 Å². The summed E-state index contributed by atoms with van der Waals surface area (Å²) >= 11 is 3.38. The van der Waals surface area contributed by atoms with Gasteiger partial charge in [0.25, 0.3) is 0 Å². The third kappa shape index (κ3) is 3.19. The lowest BCUT2D eigenvalue weighted by molar-refractivity contribution is -0.0237. The smallest absolute Gasteiger partial charge is 0.192 e. The molecule has 3 rings (SSSR count). The van der Waals surface area contributed by atoms with Gasteiger partial charge in [0.05, 0.1) is 31.4 Å². The minimum absolute atomic E-state index is 0.123. The number of rotatable bonds is 4. The number of ether oxygens (including phenoxy) is 1. The van der Waals surface area contributed by atoms with Gasteiger partial charge in [-0.3, -0.25) is 0 Å². The number of halogens is 2. The van der Waals surface area contributed by atoms with E-state index in [0.29, 0.717) is 29.8 Å². The SMILES string of the molecule is CC(C)(C)[Si](C)(C)OCc1nc2c(F)cc(Br)cc2n1C1COC1. The van der Waals surface area contributed by atoms with Gasteiger partial charge in [-0.05, 0) is 30.3 Å². The lowest BCUT2D eigenvalue weighted by atomic mass is 10.2. The predicted molar refractivity (Wildman–Crippen MR) is 99.2 cm³/mol. The molecule has 0 saturated carbocycles. The van der Waals surface area contributed by atoms with E-state index in [1.807, 2.05) is 6.07 Å². The van der Waals surface area contributed by atoms with Crippen LogP contribution >= 0.6 is 15.9 Å². The van der Waals surface area contributed by atoms with Gasteiger partial charge in [-0.2, -0.15) is 0 Å². The molecule has 7 heteroatoms. The van der Waals surface area contributed by atoms with Crippen molar-refractivity contribution < 1.29 is 13.6 Å². The zero-order chi connectivity index (χ0) is 17.7. The van der Waals surface area contributed by atoms with E-state index < -0.39 is 8.32 Å². The fourth-order valence-electron chi connectivity index (χ4n) is 2.51. The van der Waals surface area contributed by atoms with E-state index in [-0.39, 0.29) is 16.9 Å². The molecular weight excluding hydrogens is 391 g/mol. The van der Waals surface area contributed by atoms with Crippen LogP contribution in [0.15, 0.2) is 16.6 Å². The maximum atomic E-state index is 14.3. The molecule has 2 heterocycles. The molecule has 1 saturated heterocycles. The Kier molecular flexibility index (Phi) is 4.66. The van der Waals surface area contributed by atoms with Crippen LogP contribution in [0.4, 0.5) is 4.39 Å². The molecule has 1 aromatic carbocycles. The van der Waals surface area contributed by atoms with Gasteiger partial charge < -0.3 is 13.7 Å². The Bertz CT molecular complexity index is 766. The number of benzene rings is 1. The van der Waals surface area contributed by atoms with Crippen LogP contribution in [-0.2, 0) is 15.8 Å². The first-order chi connectivity index (χ1) is 11.1. The standard InChI is InChI=1S/C17H24BrFN2O2Si/c1-17(2,3)24(4,5)23-10-15-20-16-13(19)6-11(18)7-14(16)21(15)12-8-22-9-12/h6-7,12H,8-10H2,1-5H3. The molecule has 4 nitrogen and oxygen atoms in total. The Labute approximate surface area is 151 Å². The molecule has 2 aromatic rings. The van der Waals surface area contributed by atoms with E-state index in [0.717, 1.165) is 11.3 Å². The molecule has 0 atom stereocenters. The fourth-order valence-corrected chi connectivity index (χ4v) is 3.85. The minimum Gasteiger partial charge on any atom is -0.409 e. The van der Waals surface area contributed by atoms with Crippen LogP contribution in [0, 0.1) is 5.82 Å². The Balaban J connectivity index is 1.99. The summed E-state index contributed by atoms with van der Waals surface area (Å²) in [7, 11) is -1.90. The molecule has 1 aliphatic rings. The molecule has 0 unspecified atom stereocenters. The van der Waals surface area contributed by atoms with Gasteiger partial charge in [-0.15, -0.1) is 0 Å². The molecule has 0 radical (unpaired) electrons. The predicted octanol–water partition coefficient (Wildman–Crippen LogP) is 5.03. The Morgan fingerprint density at radius 3 is 2.58 bits per heavy atom. The Hall–Kier alpha value is -0.763. The number of hydrogen-bond donors (Lipinski definition) is 0. The van der Waals surface area contributed by atoms with E-state index in [4.69, 9.17) is 9.16 Å². The molecular formula is C17H24BrFN2O2Si. The molecule has 1 fully saturated rings. The van der Waals surface area contributed by atoms with E-state index in [2.05, 4.69) is 59.3 Å². The van der Waals surface area contributed by atoms with Crippen LogP contribution < -0.4 is 0 Å². The monoisotopic (exact) mass is 414 g/mol. The van der Waals surface area contributed by atoms with Crippen LogP contribution in [0.25, 0.3) is 11.0 Å². The van der Waals surface area contributed by atoms with Crippen molar-refractivity contribution in [3.05, 3.63) is 28.2 Å². The van der Waals surface area contributed by atoms with E-state index in [9.17, 15) is 4.39 Å². The zero-order valence-corrected chi connectivity index (χ0v) is 17.4. The van der Waals surface area contributed by atoms with Crippen molar-refractivity contribution in [2.45, 2.75) is 51.6 Å². The van der Waals surface area contributed by atoms with Crippen molar-refractivity contribution in [2.24, 2.45) is 0 Å². The first kappa shape index (κ1) is 18.0. The van der Waals surface area contributed by atoms with Gasteiger partial charge in [0.2, 0.25) is 0 Å². The fraction of sp³-hybridized carbons (Fsp3) is 0.588. The molecule has 132 valence electrons. The summed E-state index contributed by atoms with van der Waals surface area (Å²) in [6, 6.07) is 3.57. The van der Waals surface area contributed by atoms with E-state index >= 15 is 0 Å². The number of nitrogens with zero attached hydrogens (tertiary/aromatic N) is 2. The molecule has 0 amide bonds. The maximum Gasteiger partial charge on any atom is 0.192 e. The largest absolute Gasteiger partial charge is 0.409 e. The highest BCUT2D eigenvalue weighted by Gasteiger charge is 2.38. The summed E-state index contributed by atoms with van der Waals surface area (Å²) in [6.07, 6.45) is 0. The molecule has 0 N–H and O–H groups in total. The van der Waals surface area contributed by atoms with Crippen molar-refractivity contribution in [3.63, 3.8) is 0 Å². The average Bonchev–Trinajstić information content (AvgIpc) is 2.73. The molecule has 0 bridgehead atoms. The third-order valence-electron chi connectivity index (χ3n) is 5.14. The highest BCUT2D eigenvalue weighted by atomic mass is 79.9. The average molecular weight is 415 g/mol. The number of hydrogen-bond acceptors (Lipinski definition) is 3. The zero-order valence-electron chi connectivity index (χ0n) is 14.8. The van der Waals surface area contributed by atoms with Crippen molar-refractivity contribution in [3.8, 4) is 0 Å². The number of imidazole rings is 1. The summed E-state index contributed by atoms with van der Waals surface area (Å²) in [4.78, 5) is 4.55. The summed E-state index contributed by atoms with van der Waals surface area (Å²) in [5.74, 6) is 0.465. The number of fused-ring (bicyclic) bond motifs is 1. The van der Waals surface area contributed by atoms with Crippen molar-refractivity contribution in [1.29, 1.82) is 0 Å². The van der Waals surface area contributed by atoms with Crippen LogP contribution in [0.5, 0.6) is 0 Å². The second kappa shape index (κ2) is 6.19. The van der Waals surface area contributed by atoms with Crippen molar-refractivity contribution in [1.82, 2.24) is 9.55 Å². The third-order valence-corrected chi connectivity index (χ3v) is 10.1. The first-order valence-corrected chi connectivity index (χ1v) is 11.9. The lowest BCUT2D eigenvalue weighted by Gasteiger charge is -2.36. The van der Waals surface area contributed by atoms with Gasteiger partial charge in [-0.1, -0.05) is 36.7 Å². The minimum atomic E-state index is -1.90. The molecule has 1 aromatic heterocycles. The quantitative estimate of drug-likeness (QED) is 0.657. The molecule has 0 spiro atoms. The van der Waals surface area contributed by atoms with Gasteiger partial charge >= 0.3 is 0 Å². The van der Waals surface area contributed by atoms with Crippen molar-refractivity contribution in [2.75, 3.05) is 13.2 Å². The normalized spacial score (nSPS) is 16.6. The second-order valence-electron chi connectivity index (χ2n) is 7.89. The molecule has 0 aliphatic carbocycles. The Morgan fingerprint density at radius 2 is 2.04 bits per heavy atom. The van der Waals surface area contributed by atoms with Crippen molar-refractivity contribution >= 4 is 35.3 Å². The van der Waals surface area contributed by atoms with Gasteiger partial charge in [0.1, 0.15) is 11.3 Å². The van der Waals surface area contributed by atoms with E-state index in [1.54, 1.807) is 0 Å². The van der Waals surface area contributed by atoms with Crippen LogP contribution in [0.3, 0.4) is 0 Å². The maximum absolute atomic E-state index is 14.3. The first-order valence-electron chi connectivity index (χ1n) is 8.18. The van der Waals surface area contributed by atoms with Crippen LogP contribution in [0.2, 0.25) is 18.1 Å². The Morgan fingerprint density at radius 1 is 1.38 bits per heavy atom. The van der Waals surface area contributed by atoms with Gasteiger partial charge in [-0.25, -0.2) is 9.37 Å². The molecule has 24 heavy (non-hydrogen) atoms. The van der Waals surface area contributed by atoms with E-state index in [1.165, 1.54) is 6.07 Å². The summed E-state index contributed by atoms with van der Waals surface area (Å²) in [5, 5.41) is 0.123. The summed E-state index contributed by atoms with van der Waals surface area (Å²) in [6.45, 7) is 12.7. The highest BCUT2D eigenvalue weighted by Crippen LogP contribution is 2.38. The summed E-state index contributed by atoms with van der Waals surface area (Å²) in [5.41, 5.74) is 1.20.